The highest BCUT2D eigenvalue weighted by molar-refractivity contribution is 5.07. The smallest absolute Gasteiger partial charge is 0.0164 e. The zero-order valence-corrected chi connectivity index (χ0v) is 3.23. The van der Waals surface area contributed by atoms with Crippen LogP contribution in [-0.2, 0) is 0 Å². The van der Waals surface area contributed by atoms with Gasteiger partial charge in [0, 0.05) is 0 Å². The Morgan fingerprint density at radius 1 is 1.80 bits per heavy atom. The third-order valence-electron chi connectivity index (χ3n) is 0.263. The van der Waals surface area contributed by atoms with Crippen molar-refractivity contribution < 1.29 is 0 Å². The lowest BCUT2D eigenvalue weighted by Crippen LogP contribution is -1.35. The van der Waals surface area contributed by atoms with Gasteiger partial charge >= 0.3 is 0 Å². The van der Waals surface area contributed by atoms with Gasteiger partial charge < -0.3 is 0 Å². The largest absolute Gasteiger partial charge is 0.115 e. The van der Waals surface area contributed by atoms with Crippen LogP contribution in [0.3, 0.4) is 0 Å². The monoisotopic (exact) mass is 66.0 g/mol. The fourth-order valence-corrected chi connectivity index (χ4v) is 0.0962. The van der Waals surface area contributed by atoms with Crippen LogP contribution in [0.2, 0.25) is 0 Å². The highest BCUT2D eigenvalue weighted by Gasteiger charge is 1.41. The zero-order chi connectivity index (χ0) is 4.12. The van der Waals surface area contributed by atoms with Crippen LogP contribution in [0, 0.1) is 12.3 Å². The first-order valence-corrected chi connectivity index (χ1v) is 1.49. The molecule has 26 valence electrons. The van der Waals surface area contributed by atoms with Gasteiger partial charge in [-0.05, 0) is 13.0 Å². The third kappa shape index (κ3) is 3.30. The van der Waals surface area contributed by atoms with Crippen molar-refractivity contribution >= 4 is 0 Å². The molecule has 0 radical (unpaired) electrons. The SMILES string of the molecule is C#CC=CC. The minimum atomic E-state index is 1.65. The van der Waals surface area contributed by atoms with Crippen molar-refractivity contribution in [1.29, 1.82) is 0 Å². The fourth-order valence-electron chi connectivity index (χ4n) is 0.0962. The van der Waals surface area contributed by atoms with E-state index in [1.165, 1.54) is 0 Å². The maximum atomic E-state index is 4.80. The molecule has 0 spiro atoms. The molecule has 0 atom stereocenters. The molecule has 5 heavy (non-hydrogen) atoms. The number of terminal acetylenes is 1. The van der Waals surface area contributed by atoms with Gasteiger partial charge in [-0.1, -0.05) is 12.0 Å². The van der Waals surface area contributed by atoms with Crippen LogP contribution in [0.15, 0.2) is 12.2 Å². The molecule has 0 amide bonds. The van der Waals surface area contributed by atoms with Crippen LogP contribution in [0.25, 0.3) is 0 Å². The summed E-state index contributed by atoms with van der Waals surface area (Å²) in [4.78, 5) is 0. The second-order valence-corrected chi connectivity index (χ2v) is 0.667. The predicted molar refractivity (Wildman–Crippen MR) is 23.6 cm³/mol. The summed E-state index contributed by atoms with van der Waals surface area (Å²) in [6.45, 7) is 1.89. The Labute approximate surface area is 32.5 Å². The van der Waals surface area contributed by atoms with E-state index in [0.29, 0.717) is 0 Å². The lowest BCUT2D eigenvalue weighted by molar-refractivity contribution is 1.76. The number of hydrogen-bond donors (Lipinski definition) is 0. The van der Waals surface area contributed by atoms with Gasteiger partial charge in [0.05, 0.1) is 0 Å². The molecule has 0 aromatic rings. The van der Waals surface area contributed by atoms with E-state index in [0.717, 1.165) is 0 Å². The first-order chi connectivity index (χ1) is 2.41. The van der Waals surface area contributed by atoms with E-state index in [2.05, 4.69) is 5.92 Å². The minimum Gasteiger partial charge on any atom is -0.115 e. The van der Waals surface area contributed by atoms with Gasteiger partial charge in [0.15, 0.2) is 0 Å². The number of hydrogen-bond acceptors (Lipinski definition) is 0. The highest BCUT2D eigenvalue weighted by Crippen LogP contribution is 1.58. The molecule has 0 unspecified atom stereocenters. The van der Waals surface area contributed by atoms with E-state index >= 15 is 0 Å². The van der Waals surface area contributed by atoms with Crippen molar-refractivity contribution in [3.05, 3.63) is 12.2 Å². The van der Waals surface area contributed by atoms with Gasteiger partial charge in [0.25, 0.3) is 0 Å². The minimum absolute atomic E-state index is 1.65. The Hall–Kier alpha value is -0.700. The number of rotatable bonds is 0. The van der Waals surface area contributed by atoms with Crippen LogP contribution >= 0.6 is 0 Å². The Balaban J connectivity index is 3.04. The highest BCUT2D eigenvalue weighted by atomic mass is 13.5. The van der Waals surface area contributed by atoms with Gasteiger partial charge in [-0.3, -0.25) is 0 Å². The van der Waals surface area contributed by atoms with Crippen molar-refractivity contribution in [1.82, 2.24) is 0 Å². The van der Waals surface area contributed by atoms with Crippen LogP contribution in [-0.4, -0.2) is 0 Å². The van der Waals surface area contributed by atoms with Crippen molar-refractivity contribution in [2.45, 2.75) is 6.92 Å². The molecule has 0 aromatic carbocycles. The van der Waals surface area contributed by atoms with Gasteiger partial charge in [0.2, 0.25) is 0 Å². The summed E-state index contributed by atoms with van der Waals surface area (Å²) in [6.07, 6.45) is 8.27. The van der Waals surface area contributed by atoms with Gasteiger partial charge in [-0.15, -0.1) is 6.42 Å². The Kier molecular flexibility index (Phi) is 2.84. The molecule has 0 aliphatic heterocycles. The molecule has 0 aliphatic carbocycles. The first kappa shape index (κ1) is 4.30. The van der Waals surface area contributed by atoms with E-state index < -0.39 is 0 Å². The second-order valence-electron chi connectivity index (χ2n) is 0.667. The predicted octanol–water partition coefficient (Wildman–Crippen LogP) is 1.20. The molecule has 0 aliphatic rings. The van der Waals surface area contributed by atoms with Gasteiger partial charge in [-0.2, -0.15) is 0 Å². The van der Waals surface area contributed by atoms with Crippen LogP contribution in [0.1, 0.15) is 6.92 Å². The summed E-state index contributed by atoms with van der Waals surface area (Å²) < 4.78 is 0. The molecule has 0 nitrogen and oxygen atoms in total. The van der Waals surface area contributed by atoms with Gasteiger partial charge in [-0.25, -0.2) is 0 Å². The maximum absolute atomic E-state index is 4.80. The topological polar surface area (TPSA) is 0 Å². The lowest BCUT2D eigenvalue weighted by Gasteiger charge is -1.51. The van der Waals surface area contributed by atoms with Crippen LogP contribution in [0.5, 0.6) is 0 Å². The third-order valence-corrected chi connectivity index (χ3v) is 0.263. The summed E-state index contributed by atoms with van der Waals surface area (Å²) in [5.41, 5.74) is 0. The van der Waals surface area contributed by atoms with E-state index in [9.17, 15) is 0 Å². The molecule has 0 rings (SSSR count). The van der Waals surface area contributed by atoms with Crippen LogP contribution < -0.4 is 0 Å². The Morgan fingerprint density at radius 2 is 2.40 bits per heavy atom. The van der Waals surface area contributed by atoms with Crippen molar-refractivity contribution in [3.8, 4) is 12.3 Å². The molecular weight excluding hydrogens is 60.1 g/mol. The van der Waals surface area contributed by atoms with E-state index in [1.54, 1.807) is 6.08 Å². The molecule has 0 N–H and O–H groups in total. The Bertz CT molecular complexity index is 62.6. The molecule has 0 saturated carbocycles. The lowest BCUT2D eigenvalue weighted by atomic mass is 10.6. The maximum Gasteiger partial charge on any atom is -0.0164 e. The first-order valence-electron chi connectivity index (χ1n) is 1.49. The molecule has 0 bridgehead atoms. The second kappa shape index (κ2) is 3.30. The van der Waals surface area contributed by atoms with E-state index in [-0.39, 0.29) is 0 Å². The molecule has 0 saturated heterocycles. The normalized spacial score (nSPS) is 8.00. The van der Waals surface area contributed by atoms with Crippen molar-refractivity contribution in [2.75, 3.05) is 0 Å². The van der Waals surface area contributed by atoms with Crippen molar-refractivity contribution in [2.24, 2.45) is 0 Å². The van der Waals surface area contributed by atoms with E-state index in [1.807, 2.05) is 13.0 Å². The fraction of sp³-hybridized carbons (Fsp3) is 0.200. The molecular formula is C5H6. The average Bonchev–Trinajstić information content (AvgIpc) is 1.41. The molecule has 0 heterocycles. The Morgan fingerprint density at radius 3 is 2.40 bits per heavy atom. The van der Waals surface area contributed by atoms with Gasteiger partial charge in [0.1, 0.15) is 0 Å². The summed E-state index contributed by atoms with van der Waals surface area (Å²) in [7, 11) is 0. The summed E-state index contributed by atoms with van der Waals surface area (Å²) in [5, 5.41) is 0. The summed E-state index contributed by atoms with van der Waals surface area (Å²) in [5.74, 6) is 2.34. The van der Waals surface area contributed by atoms with E-state index in [4.69, 9.17) is 6.42 Å². The summed E-state index contributed by atoms with van der Waals surface area (Å²) in [6, 6.07) is 0. The molecule has 0 fully saturated rings. The van der Waals surface area contributed by atoms with Crippen molar-refractivity contribution in [3.63, 3.8) is 0 Å². The average molecular weight is 66.1 g/mol. The standard InChI is InChI=1S/C5H6/c1-3-5-4-2/h1,4-5H,2H3. The summed E-state index contributed by atoms with van der Waals surface area (Å²) >= 11 is 0. The molecule has 0 heteroatoms. The molecule has 0 aromatic heterocycles. The quantitative estimate of drug-likeness (QED) is 0.373. The zero-order valence-electron chi connectivity index (χ0n) is 3.23. The number of allylic oxidation sites excluding steroid dienone is 2. The van der Waals surface area contributed by atoms with Crippen LogP contribution in [0.4, 0.5) is 0 Å².